The van der Waals surface area contributed by atoms with Gasteiger partial charge in [-0.25, -0.2) is 0 Å². The van der Waals surface area contributed by atoms with E-state index in [1.807, 2.05) is 37.3 Å². The van der Waals surface area contributed by atoms with Crippen LogP contribution in [0.5, 0.6) is 0 Å². The summed E-state index contributed by atoms with van der Waals surface area (Å²) in [4.78, 5) is 38.9. The number of hydrogen-bond donors (Lipinski definition) is 2. The Morgan fingerprint density at radius 3 is 2.26 bits per heavy atom. The third kappa shape index (κ3) is 5.14. The lowest BCUT2D eigenvalue weighted by Gasteiger charge is -2.15. The van der Waals surface area contributed by atoms with Crippen LogP contribution >= 0.6 is 23.2 Å². The molecule has 8 heteroatoms. The summed E-state index contributed by atoms with van der Waals surface area (Å²) in [6, 6.07) is 21.4. The first-order valence-corrected chi connectivity index (χ1v) is 11.3. The smallest absolute Gasteiger partial charge is 0.278 e. The number of carbonyl (C=O) groups excluding carboxylic acids is 3. The normalized spacial score (nSPS) is 13.4. The van der Waals surface area contributed by atoms with Crippen molar-refractivity contribution in [2.45, 2.75) is 20.0 Å². The zero-order valence-corrected chi connectivity index (χ0v) is 19.8. The molecule has 0 aromatic heterocycles. The first-order valence-electron chi connectivity index (χ1n) is 10.5. The maximum atomic E-state index is 12.8. The molecule has 0 radical (unpaired) electrons. The molecule has 34 heavy (non-hydrogen) atoms. The number of nitrogens with zero attached hydrogens (tertiary/aromatic N) is 1. The summed E-state index contributed by atoms with van der Waals surface area (Å²) in [7, 11) is 0. The number of imide groups is 1. The number of nitrogens with one attached hydrogen (secondary N) is 2. The summed E-state index contributed by atoms with van der Waals surface area (Å²) in [6.45, 7) is 2.28. The average Bonchev–Trinajstić information content (AvgIpc) is 3.03. The van der Waals surface area contributed by atoms with Crippen molar-refractivity contribution in [3.63, 3.8) is 0 Å². The van der Waals surface area contributed by atoms with Crippen molar-refractivity contribution >= 4 is 46.6 Å². The van der Waals surface area contributed by atoms with E-state index in [1.165, 1.54) is 0 Å². The molecule has 3 aromatic carbocycles. The van der Waals surface area contributed by atoms with Gasteiger partial charge in [0.2, 0.25) is 0 Å². The van der Waals surface area contributed by atoms with Crippen LogP contribution in [0.15, 0.2) is 83.5 Å². The van der Waals surface area contributed by atoms with Crippen LogP contribution in [0.1, 0.15) is 27.0 Å². The van der Waals surface area contributed by atoms with Gasteiger partial charge in [0.05, 0.1) is 6.54 Å². The summed E-state index contributed by atoms with van der Waals surface area (Å²) < 4.78 is 0. The van der Waals surface area contributed by atoms with E-state index >= 15 is 0 Å². The van der Waals surface area contributed by atoms with Gasteiger partial charge < -0.3 is 10.6 Å². The van der Waals surface area contributed by atoms with Gasteiger partial charge in [-0.15, -0.1) is 0 Å². The third-order valence-electron chi connectivity index (χ3n) is 5.42. The SMILES string of the molecule is Cc1cc(Cl)ccc1NC(=O)c1ccc(CNC2=C(Cl)C(=O)N(Cc3ccccc3)C2=O)cc1. The first kappa shape index (κ1) is 23.5. The van der Waals surface area contributed by atoms with Crippen LogP contribution in [0, 0.1) is 6.92 Å². The topological polar surface area (TPSA) is 78.5 Å². The number of carbonyl (C=O) groups is 3. The standard InChI is InChI=1S/C26H21Cl2N3O3/c1-16-13-20(27)11-12-21(16)30-24(32)19-9-7-17(8-10-19)14-29-23-22(28)25(33)31(26(23)34)15-18-5-3-2-4-6-18/h2-13,29H,14-15H2,1H3,(H,30,32). The molecule has 0 aliphatic carbocycles. The molecule has 1 heterocycles. The molecule has 172 valence electrons. The predicted octanol–water partition coefficient (Wildman–Crippen LogP) is 5.01. The fourth-order valence-electron chi connectivity index (χ4n) is 3.54. The van der Waals surface area contributed by atoms with E-state index in [1.54, 1.807) is 42.5 Å². The number of aryl methyl sites for hydroxylation is 1. The molecule has 3 amide bonds. The molecule has 0 bridgehead atoms. The number of hydrogen-bond acceptors (Lipinski definition) is 4. The number of benzene rings is 3. The van der Waals surface area contributed by atoms with Crippen LogP contribution in [-0.4, -0.2) is 22.6 Å². The molecule has 1 aliphatic heterocycles. The van der Waals surface area contributed by atoms with Gasteiger partial charge in [-0.3, -0.25) is 19.3 Å². The molecule has 0 saturated heterocycles. The molecular weight excluding hydrogens is 473 g/mol. The summed E-state index contributed by atoms with van der Waals surface area (Å²) in [5.74, 6) is -1.24. The highest BCUT2D eigenvalue weighted by molar-refractivity contribution is 6.47. The van der Waals surface area contributed by atoms with Gasteiger partial charge in [0, 0.05) is 22.8 Å². The second kappa shape index (κ2) is 10.1. The zero-order chi connectivity index (χ0) is 24.2. The monoisotopic (exact) mass is 493 g/mol. The molecule has 0 unspecified atom stereocenters. The van der Waals surface area contributed by atoms with E-state index in [9.17, 15) is 14.4 Å². The molecule has 6 nitrogen and oxygen atoms in total. The molecule has 0 saturated carbocycles. The highest BCUT2D eigenvalue weighted by atomic mass is 35.5. The maximum absolute atomic E-state index is 12.8. The molecule has 4 rings (SSSR count). The Hall–Kier alpha value is -3.61. The van der Waals surface area contributed by atoms with Gasteiger partial charge in [-0.1, -0.05) is 65.7 Å². The first-order chi connectivity index (χ1) is 16.3. The van der Waals surface area contributed by atoms with E-state index in [2.05, 4.69) is 10.6 Å². The minimum Gasteiger partial charge on any atom is -0.375 e. The van der Waals surface area contributed by atoms with Crippen LogP contribution in [0.25, 0.3) is 0 Å². The Balaban J connectivity index is 1.37. The van der Waals surface area contributed by atoms with Crippen molar-refractivity contribution in [3.8, 4) is 0 Å². The van der Waals surface area contributed by atoms with Crippen molar-refractivity contribution in [3.05, 3.63) is 111 Å². The Kier molecular flexibility index (Phi) is 7.01. The van der Waals surface area contributed by atoms with E-state index in [4.69, 9.17) is 23.2 Å². The number of rotatable bonds is 7. The lowest BCUT2D eigenvalue weighted by atomic mass is 10.1. The largest absolute Gasteiger partial charge is 0.375 e. The number of halogens is 2. The molecular formula is C26H21Cl2N3O3. The minimum atomic E-state index is -0.525. The van der Waals surface area contributed by atoms with Gasteiger partial charge >= 0.3 is 0 Å². The Morgan fingerprint density at radius 2 is 1.59 bits per heavy atom. The summed E-state index contributed by atoms with van der Waals surface area (Å²) in [6.07, 6.45) is 0. The van der Waals surface area contributed by atoms with Crippen molar-refractivity contribution in [2.75, 3.05) is 5.32 Å². The van der Waals surface area contributed by atoms with Gasteiger partial charge in [0.1, 0.15) is 10.7 Å². The fraction of sp³-hybridized carbons (Fsp3) is 0.115. The molecule has 3 aromatic rings. The van der Waals surface area contributed by atoms with E-state index in [0.29, 0.717) is 16.3 Å². The van der Waals surface area contributed by atoms with Crippen LogP contribution in [-0.2, 0) is 22.7 Å². The molecule has 0 fully saturated rings. The molecule has 0 atom stereocenters. The van der Waals surface area contributed by atoms with E-state index in [0.717, 1.165) is 21.6 Å². The summed E-state index contributed by atoms with van der Waals surface area (Å²) >= 11 is 12.1. The minimum absolute atomic E-state index is 0.0719. The highest BCUT2D eigenvalue weighted by Gasteiger charge is 2.37. The van der Waals surface area contributed by atoms with Crippen LogP contribution in [0.3, 0.4) is 0 Å². The summed E-state index contributed by atoms with van der Waals surface area (Å²) in [5.41, 5.74) is 3.75. The Labute approximate surface area is 207 Å². The second-order valence-corrected chi connectivity index (χ2v) is 8.65. The van der Waals surface area contributed by atoms with Gasteiger partial charge in [0.25, 0.3) is 17.7 Å². The zero-order valence-electron chi connectivity index (χ0n) is 18.3. The van der Waals surface area contributed by atoms with Crippen molar-refractivity contribution in [1.29, 1.82) is 0 Å². The van der Waals surface area contributed by atoms with Crippen LogP contribution in [0.2, 0.25) is 5.02 Å². The average molecular weight is 494 g/mol. The van der Waals surface area contributed by atoms with Gasteiger partial charge in [-0.05, 0) is 53.9 Å². The molecule has 2 N–H and O–H groups in total. The number of anilines is 1. The van der Waals surface area contributed by atoms with E-state index in [-0.39, 0.29) is 29.7 Å². The van der Waals surface area contributed by atoms with Crippen molar-refractivity contribution in [2.24, 2.45) is 0 Å². The van der Waals surface area contributed by atoms with Crippen LogP contribution < -0.4 is 10.6 Å². The lowest BCUT2D eigenvalue weighted by molar-refractivity contribution is -0.138. The molecule has 1 aliphatic rings. The quantitative estimate of drug-likeness (QED) is 0.453. The molecule has 0 spiro atoms. The fourth-order valence-corrected chi connectivity index (χ4v) is 4.01. The second-order valence-electron chi connectivity index (χ2n) is 7.83. The number of amides is 3. The van der Waals surface area contributed by atoms with E-state index < -0.39 is 11.8 Å². The highest BCUT2D eigenvalue weighted by Crippen LogP contribution is 2.25. The van der Waals surface area contributed by atoms with Gasteiger partial charge in [0.15, 0.2) is 0 Å². The predicted molar refractivity (Wildman–Crippen MR) is 132 cm³/mol. The van der Waals surface area contributed by atoms with Crippen molar-refractivity contribution in [1.82, 2.24) is 10.2 Å². The van der Waals surface area contributed by atoms with Crippen molar-refractivity contribution < 1.29 is 14.4 Å². The third-order valence-corrected chi connectivity index (χ3v) is 6.00. The lowest BCUT2D eigenvalue weighted by Crippen LogP contribution is -2.33. The maximum Gasteiger partial charge on any atom is 0.278 e. The van der Waals surface area contributed by atoms with Crippen LogP contribution in [0.4, 0.5) is 5.69 Å². The van der Waals surface area contributed by atoms with Gasteiger partial charge in [-0.2, -0.15) is 0 Å². The Bertz CT molecular complexity index is 1290. The summed E-state index contributed by atoms with van der Waals surface area (Å²) in [5, 5.41) is 6.31. The Morgan fingerprint density at radius 1 is 0.882 bits per heavy atom.